The molecule has 8 nitrogen and oxygen atoms in total. The summed E-state index contributed by atoms with van der Waals surface area (Å²) in [5.74, 6) is -0.0168. The molecule has 2 aromatic heterocycles. The van der Waals surface area contributed by atoms with Crippen LogP contribution in [0.25, 0.3) is 5.82 Å². The van der Waals surface area contributed by atoms with E-state index >= 15 is 0 Å². The first-order chi connectivity index (χ1) is 7.50. The Hall–Kier alpha value is -2.38. The first kappa shape index (κ1) is 10.1. The minimum absolute atomic E-state index is 0.0168. The van der Waals surface area contributed by atoms with Gasteiger partial charge in [-0.3, -0.25) is 9.78 Å². The number of H-pyrrole nitrogens is 2. The molecule has 2 heterocycles. The highest BCUT2D eigenvalue weighted by Gasteiger charge is 2.13. The maximum Gasteiger partial charge on any atom is 0.342 e. The van der Waals surface area contributed by atoms with Crippen molar-refractivity contribution >= 4 is 5.69 Å². The normalized spacial score (nSPS) is 10.6. The number of aromatic amines is 2. The summed E-state index contributed by atoms with van der Waals surface area (Å²) in [5, 5.41) is 9.82. The maximum absolute atomic E-state index is 11.5. The third kappa shape index (κ3) is 1.40. The molecule has 0 saturated heterocycles. The van der Waals surface area contributed by atoms with E-state index in [1.54, 1.807) is 13.8 Å². The van der Waals surface area contributed by atoms with E-state index in [2.05, 4.69) is 20.3 Å². The lowest BCUT2D eigenvalue weighted by Crippen LogP contribution is -2.28. The second-order valence-corrected chi connectivity index (χ2v) is 3.33. The van der Waals surface area contributed by atoms with Crippen LogP contribution in [0.1, 0.15) is 11.4 Å². The SMILES string of the molecule is Cc1nn(-c2n[nH]c(=O)[nH]c2=O)c(C)c1N. The molecule has 0 amide bonds. The van der Waals surface area contributed by atoms with Gasteiger partial charge in [-0.15, -0.1) is 5.10 Å². The van der Waals surface area contributed by atoms with Crippen molar-refractivity contribution in [1.82, 2.24) is 25.0 Å². The van der Waals surface area contributed by atoms with Crippen LogP contribution in [0.15, 0.2) is 9.59 Å². The zero-order valence-corrected chi connectivity index (χ0v) is 8.74. The Morgan fingerprint density at radius 3 is 2.50 bits per heavy atom. The summed E-state index contributed by atoms with van der Waals surface area (Å²) < 4.78 is 1.29. The Balaban J connectivity index is 2.73. The molecule has 0 atom stereocenters. The molecule has 84 valence electrons. The molecule has 4 N–H and O–H groups in total. The van der Waals surface area contributed by atoms with Crippen molar-refractivity contribution in [1.29, 1.82) is 0 Å². The van der Waals surface area contributed by atoms with Gasteiger partial charge >= 0.3 is 5.69 Å². The summed E-state index contributed by atoms with van der Waals surface area (Å²) in [5.41, 5.74) is 6.14. The first-order valence-electron chi connectivity index (χ1n) is 4.51. The fourth-order valence-corrected chi connectivity index (χ4v) is 1.35. The Bertz CT molecular complexity index is 649. The smallest absolute Gasteiger partial charge is 0.342 e. The number of rotatable bonds is 1. The molecule has 0 radical (unpaired) electrons. The largest absolute Gasteiger partial charge is 0.396 e. The summed E-state index contributed by atoms with van der Waals surface area (Å²) in [6, 6.07) is 0. The number of nitrogens with two attached hydrogens (primary N) is 1. The molecule has 0 bridgehead atoms. The van der Waals surface area contributed by atoms with E-state index in [-0.39, 0.29) is 5.82 Å². The highest BCUT2D eigenvalue weighted by atomic mass is 16.2. The van der Waals surface area contributed by atoms with E-state index in [1.165, 1.54) is 4.68 Å². The number of nitrogens with one attached hydrogen (secondary N) is 2. The quantitative estimate of drug-likeness (QED) is 0.561. The van der Waals surface area contributed by atoms with Crippen LogP contribution in [0.2, 0.25) is 0 Å². The molecule has 0 aliphatic carbocycles. The standard InChI is InChI=1S/C8H10N6O2/c1-3-5(9)4(2)14(13-3)6-7(15)10-8(16)12-11-6/h9H2,1-2H3,(H2,10,12,15,16). The van der Waals surface area contributed by atoms with E-state index in [9.17, 15) is 9.59 Å². The molecular weight excluding hydrogens is 212 g/mol. The lowest BCUT2D eigenvalue weighted by molar-refractivity contribution is 0.744. The van der Waals surface area contributed by atoms with Crippen LogP contribution in [0.5, 0.6) is 0 Å². The summed E-state index contributed by atoms with van der Waals surface area (Å²) in [6.45, 7) is 3.43. The first-order valence-corrected chi connectivity index (χ1v) is 4.51. The molecule has 8 heteroatoms. The topological polar surface area (TPSA) is 122 Å². The number of aromatic nitrogens is 5. The highest BCUT2D eigenvalue weighted by Crippen LogP contribution is 2.15. The van der Waals surface area contributed by atoms with Gasteiger partial charge in [-0.05, 0) is 13.8 Å². The monoisotopic (exact) mass is 222 g/mol. The Morgan fingerprint density at radius 2 is 2.00 bits per heavy atom. The molecule has 0 aromatic carbocycles. The Morgan fingerprint density at radius 1 is 1.31 bits per heavy atom. The fourth-order valence-electron chi connectivity index (χ4n) is 1.35. The molecular formula is C8H10N6O2. The van der Waals surface area contributed by atoms with E-state index in [4.69, 9.17) is 5.73 Å². The molecule has 0 aliphatic heterocycles. The lowest BCUT2D eigenvalue weighted by atomic mass is 10.3. The Kier molecular flexibility index (Phi) is 2.11. The summed E-state index contributed by atoms with van der Waals surface area (Å²) in [4.78, 5) is 24.3. The van der Waals surface area contributed by atoms with Gasteiger partial charge in [0.05, 0.1) is 17.1 Å². The minimum Gasteiger partial charge on any atom is -0.396 e. The average Bonchev–Trinajstić information content (AvgIpc) is 2.46. The lowest BCUT2D eigenvalue weighted by Gasteiger charge is -2.00. The number of nitrogen functional groups attached to an aromatic ring is 1. The minimum atomic E-state index is -0.664. The molecule has 0 unspecified atom stereocenters. The van der Waals surface area contributed by atoms with Gasteiger partial charge in [-0.1, -0.05) is 0 Å². The zero-order chi connectivity index (χ0) is 11.9. The molecule has 2 rings (SSSR count). The third-order valence-electron chi connectivity index (χ3n) is 2.24. The van der Waals surface area contributed by atoms with Crippen LogP contribution in [0.3, 0.4) is 0 Å². The van der Waals surface area contributed by atoms with E-state index in [0.29, 0.717) is 17.1 Å². The van der Waals surface area contributed by atoms with Crippen molar-refractivity contribution in [2.75, 3.05) is 5.73 Å². The average molecular weight is 222 g/mol. The van der Waals surface area contributed by atoms with E-state index in [0.717, 1.165) is 0 Å². The van der Waals surface area contributed by atoms with Gasteiger partial charge in [0.2, 0.25) is 5.82 Å². The van der Waals surface area contributed by atoms with Crippen LogP contribution in [0, 0.1) is 13.8 Å². The van der Waals surface area contributed by atoms with Crippen molar-refractivity contribution in [3.05, 3.63) is 32.2 Å². The van der Waals surface area contributed by atoms with Gasteiger partial charge < -0.3 is 5.73 Å². The molecule has 0 spiro atoms. The molecule has 16 heavy (non-hydrogen) atoms. The Labute approximate surface area is 89.1 Å². The molecule has 0 aliphatic rings. The fraction of sp³-hybridized carbons (Fsp3) is 0.250. The van der Waals surface area contributed by atoms with Crippen LogP contribution < -0.4 is 17.0 Å². The maximum atomic E-state index is 11.5. The zero-order valence-electron chi connectivity index (χ0n) is 8.74. The predicted molar refractivity (Wildman–Crippen MR) is 56.5 cm³/mol. The molecule has 0 saturated carbocycles. The van der Waals surface area contributed by atoms with E-state index in [1.807, 2.05) is 0 Å². The van der Waals surface area contributed by atoms with Crippen molar-refractivity contribution < 1.29 is 0 Å². The summed E-state index contributed by atoms with van der Waals surface area (Å²) in [6.07, 6.45) is 0. The number of aryl methyl sites for hydroxylation is 1. The second-order valence-electron chi connectivity index (χ2n) is 3.33. The van der Waals surface area contributed by atoms with Gasteiger partial charge in [-0.2, -0.15) is 5.10 Å². The van der Waals surface area contributed by atoms with E-state index < -0.39 is 11.2 Å². The van der Waals surface area contributed by atoms with Crippen LogP contribution >= 0.6 is 0 Å². The number of anilines is 1. The van der Waals surface area contributed by atoms with Crippen LogP contribution in [-0.2, 0) is 0 Å². The van der Waals surface area contributed by atoms with Crippen molar-refractivity contribution in [3.63, 3.8) is 0 Å². The van der Waals surface area contributed by atoms with Gasteiger partial charge in [0.15, 0.2) is 0 Å². The molecule has 0 fully saturated rings. The predicted octanol–water partition coefficient (Wildman–Crippen LogP) is -1.16. The van der Waals surface area contributed by atoms with Crippen LogP contribution in [-0.4, -0.2) is 25.0 Å². The van der Waals surface area contributed by atoms with Crippen LogP contribution in [0.4, 0.5) is 5.69 Å². The number of hydrogen-bond acceptors (Lipinski definition) is 5. The van der Waals surface area contributed by atoms with Gasteiger partial charge in [-0.25, -0.2) is 14.6 Å². The number of hydrogen-bond donors (Lipinski definition) is 3. The van der Waals surface area contributed by atoms with Crippen molar-refractivity contribution in [3.8, 4) is 5.82 Å². The van der Waals surface area contributed by atoms with Gasteiger partial charge in [0.25, 0.3) is 5.56 Å². The van der Waals surface area contributed by atoms with Crippen molar-refractivity contribution in [2.24, 2.45) is 0 Å². The summed E-state index contributed by atoms with van der Waals surface area (Å²) in [7, 11) is 0. The third-order valence-corrected chi connectivity index (χ3v) is 2.24. The number of nitrogens with zero attached hydrogens (tertiary/aromatic N) is 3. The van der Waals surface area contributed by atoms with Crippen molar-refractivity contribution in [2.45, 2.75) is 13.8 Å². The van der Waals surface area contributed by atoms with Gasteiger partial charge in [0, 0.05) is 0 Å². The summed E-state index contributed by atoms with van der Waals surface area (Å²) >= 11 is 0. The highest BCUT2D eigenvalue weighted by molar-refractivity contribution is 5.49. The second kappa shape index (κ2) is 3.33. The van der Waals surface area contributed by atoms with Gasteiger partial charge in [0.1, 0.15) is 0 Å². The molecule has 2 aromatic rings.